The Hall–Kier alpha value is -1.35. The van der Waals surface area contributed by atoms with Gasteiger partial charge in [-0.15, -0.1) is 0 Å². The summed E-state index contributed by atoms with van der Waals surface area (Å²) in [5.74, 6) is 0.946. The third-order valence-corrected chi connectivity index (χ3v) is 4.10. The number of amides is 1. The summed E-state index contributed by atoms with van der Waals surface area (Å²) in [7, 11) is 0. The molecule has 2 rings (SSSR count). The smallest absolute Gasteiger partial charge is 0.220 e. The first-order valence-corrected chi connectivity index (χ1v) is 7.72. The maximum atomic E-state index is 12.3. The minimum atomic E-state index is 0.182. The van der Waals surface area contributed by atoms with Gasteiger partial charge in [-0.25, -0.2) is 0 Å². The Kier molecular flexibility index (Phi) is 5.60. The van der Waals surface area contributed by atoms with E-state index in [9.17, 15) is 4.79 Å². The molecule has 1 fully saturated rings. The predicted octanol–water partition coefficient (Wildman–Crippen LogP) is 2.68. The SMILES string of the molecule is CC(C)C(CC(=O)NC1CCCNC1)c1ccccc1. The van der Waals surface area contributed by atoms with Crippen LogP contribution < -0.4 is 10.6 Å². The van der Waals surface area contributed by atoms with Gasteiger partial charge in [0, 0.05) is 19.0 Å². The van der Waals surface area contributed by atoms with E-state index in [4.69, 9.17) is 0 Å². The molecule has 1 aromatic carbocycles. The lowest BCUT2D eigenvalue weighted by Crippen LogP contribution is -2.46. The predicted molar refractivity (Wildman–Crippen MR) is 82.7 cm³/mol. The quantitative estimate of drug-likeness (QED) is 0.867. The highest BCUT2D eigenvalue weighted by Crippen LogP contribution is 2.27. The van der Waals surface area contributed by atoms with Crippen molar-refractivity contribution in [2.45, 2.75) is 45.1 Å². The van der Waals surface area contributed by atoms with Gasteiger partial charge in [0.05, 0.1) is 0 Å². The van der Waals surface area contributed by atoms with E-state index in [0.29, 0.717) is 24.3 Å². The molecule has 0 aliphatic carbocycles. The lowest BCUT2D eigenvalue weighted by molar-refractivity contribution is -0.122. The molecule has 3 nitrogen and oxygen atoms in total. The van der Waals surface area contributed by atoms with Gasteiger partial charge in [-0.3, -0.25) is 4.79 Å². The van der Waals surface area contributed by atoms with Crippen molar-refractivity contribution < 1.29 is 4.79 Å². The van der Waals surface area contributed by atoms with Crippen molar-refractivity contribution in [3.63, 3.8) is 0 Å². The van der Waals surface area contributed by atoms with Crippen molar-refractivity contribution in [2.24, 2.45) is 5.92 Å². The van der Waals surface area contributed by atoms with E-state index < -0.39 is 0 Å². The molecule has 0 bridgehead atoms. The van der Waals surface area contributed by atoms with Crippen LogP contribution in [0, 0.1) is 5.92 Å². The van der Waals surface area contributed by atoms with Crippen LogP contribution in [-0.4, -0.2) is 25.0 Å². The minimum Gasteiger partial charge on any atom is -0.352 e. The molecule has 1 saturated heterocycles. The third-order valence-electron chi connectivity index (χ3n) is 4.10. The second-order valence-electron chi connectivity index (χ2n) is 6.08. The summed E-state index contributed by atoms with van der Waals surface area (Å²) in [5, 5.41) is 6.51. The van der Waals surface area contributed by atoms with Crippen LogP contribution in [0.1, 0.15) is 44.6 Å². The molecule has 2 unspecified atom stereocenters. The fourth-order valence-corrected chi connectivity index (χ4v) is 2.90. The summed E-state index contributed by atoms with van der Waals surface area (Å²) < 4.78 is 0. The van der Waals surface area contributed by atoms with Crippen molar-refractivity contribution in [2.75, 3.05) is 13.1 Å². The van der Waals surface area contributed by atoms with E-state index in [-0.39, 0.29) is 5.91 Å². The number of hydrogen-bond acceptors (Lipinski definition) is 2. The standard InChI is InChI=1S/C17H26N2O/c1-13(2)16(14-7-4-3-5-8-14)11-17(20)19-15-9-6-10-18-12-15/h3-5,7-8,13,15-16,18H,6,9-12H2,1-2H3,(H,19,20). The average molecular weight is 274 g/mol. The van der Waals surface area contributed by atoms with Gasteiger partial charge in [0.15, 0.2) is 0 Å². The lowest BCUT2D eigenvalue weighted by Gasteiger charge is -2.26. The Morgan fingerprint density at radius 2 is 2.10 bits per heavy atom. The molecule has 1 heterocycles. The monoisotopic (exact) mass is 274 g/mol. The highest BCUT2D eigenvalue weighted by atomic mass is 16.1. The van der Waals surface area contributed by atoms with Crippen molar-refractivity contribution in [3.8, 4) is 0 Å². The molecule has 110 valence electrons. The first-order chi connectivity index (χ1) is 9.66. The Morgan fingerprint density at radius 1 is 1.35 bits per heavy atom. The van der Waals surface area contributed by atoms with Gasteiger partial charge in [0.25, 0.3) is 0 Å². The van der Waals surface area contributed by atoms with E-state index in [2.05, 4.69) is 36.6 Å². The highest BCUT2D eigenvalue weighted by Gasteiger charge is 2.21. The molecule has 1 aliphatic rings. The number of piperidine rings is 1. The number of benzene rings is 1. The number of carbonyl (C=O) groups excluding carboxylic acids is 1. The molecule has 0 spiro atoms. The first-order valence-electron chi connectivity index (χ1n) is 7.72. The summed E-state index contributed by atoms with van der Waals surface area (Å²) in [6, 6.07) is 10.7. The Morgan fingerprint density at radius 3 is 2.70 bits per heavy atom. The van der Waals surface area contributed by atoms with Gasteiger partial charge in [-0.05, 0) is 36.8 Å². The van der Waals surface area contributed by atoms with Crippen LogP contribution in [0.4, 0.5) is 0 Å². The van der Waals surface area contributed by atoms with Crippen molar-refractivity contribution in [1.82, 2.24) is 10.6 Å². The van der Waals surface area contributed by atoms with Crippen LogP contribution in [0.25, 0.3) is 0 Å². The van der Waals surface area contributed by atoms with Gasteiger partial charge >= 0.3 is 0 Å². The number of rotatable bonds is 5. The summed E-state index contributed by atoms with van der Waals surface area (Å²) in [6.45, 7) is 6.36. The van der Waals surface area contributed by atoms with E-state index in [1.807, 2.05) is 18.2 Å². The fraction of sp³-hybridized carbons (Fsp3) is 0.588. The van der Waals surface area contributed by atoms with E-state index >= 15 is 0 Å². The third kappa shape index (κ3) is 4.34. The van der Waals surface area contributed by atoms with Crippen LogP contribution in [0.3, 0.4) is 0 Å². The van der Waals surface area contributed by atoms with Gasteiger partial charge in [0.2, 0.25) is 5.91 Å². The Labute approximate surface area is 122 Å². The molecule has 3 heteroatoms. The second kappa shape index (κ2) is 7.44. The van der Waals surface area contributed by atoms with E-state index in [1.54, 1.807) is 0 Å². The fourth-order valence-electron chi connectivity index (χ4n) is 2.90. The maximum absolute atomic E-state index is 12.3. The second-order valence-corrected chi connectivity index (χ2v) is 6.08. The Bertz CT molecular complexity index is 410. The largest absolute Gasteiger partial charge is 0.352 e. The number of hydrogen-bond donors (Lipinski definition) is 2. The normalized spacial score (nSPS) is 20.6. The lowest BCUT2D eigenvalue weighted by atomic mass is 9.85. The number of carbonyl (C=O) groups is 1. The zero-order valence-electron chi connectivity index (χ0n) is 12.6. The Balaban J connectivity index is 1.92. The van der Waals surface area contributed by atoms with E-state index in [0.717, 1.165) is 25.9 Å². The molecule has 0 aromatic heterocycles. The number of nitrogens with one attached hydrogen (secondary N) is 2. The maximum Gasteiger partial charge on any atom is 0.220 e. The molecular weight excluding hydrogens is 248 g/mol. The molecule has 20 heavy (non-hydrogen) atoms. The van der Waals surface area contributed by atoms with Crippen LogP contribution in [0.5, 0.6) is 0 Å². The van der Waals surface area contributed by atoms with Crippen LogP contribution in [0.15, 0.2) is 30.3 Å². The summed E-state index contributed by atoms with van der Waals surface area (Å²) in [6.07, 6.45) is 2.83. The van der Waals surface area contributed by atoms with Crippen LogP contribution in [0.2, 0.25) is 0 Å². The molecular formula is C17H26N2O. The topological polar surface area (TPSA) is 41.1 Å². The highest BCUT2D eigenvalue weighted by molar-refractivity contribution is 5.77. The molecule has 1 aliphatic heterocycles. The molecule has 2 atom stereocenters. The average Bonchev–Trinajstić information content (AvgIpc) is 2.46. The van der Waals surface area contributed by atoms with Crippen LogP contribution >= 0.6 is 0 Å². The zero-order valence-corrected chi connectivity index (χ0v) is 12.6. The summed E-state index contributed by atoms with van der Waals surface area (Å²) in [5.41, 5.74) is 1.26. The first kappa shape index (κ1) is 15.0. The van der Waals surface area contributed by atoms with Crippen molar-refractivity contribution in [1.29, 1.82) is 0 Å². The van der Waals surface area contributed by atoms with E-state index in [1.165, 1.54) is 5.56 Å². The zero-order chi connectivity index (χ0) is 14.4. The minimum absolute atomic E-state index is 0.182. The van der Waals surface area contributed by atoms with Crippen molar-refractivity contribution in [3.05, 3.63) is 35.9 Å². The molecule has 1 aromatic rings. The van der Waals surface area contributed by atoms with Crippen LogP contribution in [-0.2, 0) is 4.79 Å². The van der Waals surface area contributed by atoms with Gasteiger partial charge in [-0.2, -0.15) is 0 Å². The molecule has 1 amide bonds. The molecule has 0 saturated carbocycles. The molecule has 2 N–H and O–H groups in total. The summed E-state index contributed by atoms with van der Waals surface area (Å²) >= 11 is 0. The van der Waals surface area contributed by atoms with Gasteiger partial charge in [-0.1, -0.05) is 44.2 Å². The van der Waals surface area contributed by atoms with Gasteiger partial charge < -0.3 is 10.6 Å². The van der Waals surface area contributed by atoms with Gasteiger partial charge in [0.1, 0.15) is 0 Å². The van der Waals surface area contributed by atoms with Crippen molar-refractivity contribution >= 4 is 5.91 Å². The molecule has 0 radical (unpaired) electrons. The summed E-state index contributed by atoms with van der Waals surface area (Å²) in [4.78, 5) is 12.3.